The van der Waals surface area contributed by atoms with Crippen molar-refractivity contribution in [1.82, 2.24) is 33.0 Å². The molecule has 4 bridgehead atoms. The third-order valence-corrected chi connectivity index (χ3v) is 20.1. The summed E-state index contributed by atoms with van der Waals surface area (Å²) in [7, 11) is 3.24. The van der Waals surface area contributed by atoms with Crippen LogP contribution in [-0.2, 0) is 22.6 Å². The molecule has 3 fully saturated rings. The van der Waals surface area contributed by atoms with Gasteiger partial charge in [0, 0.05) is 103 Å². The first-order chi connectivity index (χ1) is 41.7. The maximum Gasteiger partial charge on any atom is 0.262 e. The number of morpholine rings is 1. The Labute approximate surface area is 493 Å². The Hall–Kier alpha value is -9.57. The number of para-hydroxylation sites is 4. The van der Waals surface area contributed by atoms with Gasteiger partial charge < -0.3 is 32.5 Å². The lowest BCUT2D eigenvalue weighted by Crippen LogP contribution is -2.45. The van der Waals surface area contributed by atoms with Crippen LogP contribution in [0.1, 0.15) is 110 Å². The van der Waals surface area contributed by atoms with Gasteiger partial charge in [0.15, 0.2) is 5.78 Å². The van der Waals surface area contributed by atoms with Crippen molar-refractivity contribution in [3.8, 4) is 11.5 Å². The number of fused-ring (bicyclic) bond motifs is 26. The van der Waals surface area contributed by atoms with E-state index in [1.54, 1.807) is 14.2 Å². The summed E-state index contributed by atoms with van der Waals surface area (Å²) in [6.07, 6.45) is 3.21. The first kappa shape index (κ1) is 50.9. The molecule has 8 aromatic carbocycles. The van der Waals surface area contributed by atoms with Gasteiger partial charge in [0.2, 0.25) is 0 Å². The van der Waals surface area contributed by atoms with Gasteiger partial charge in [-0.05, 0) is 78.9 Å². The van der Waals surface area contributed by atoms with Crippen LogP contribution < -0.4 is 9.47 Å². The van der Waals surface area contributed by atoms with Crippen LogP contribution in [0.5, 0.6) is 11.5 Å². The lowest BCUT2D eigenvalue weighted by Gasteiger charge is -2.37. The first-order valence-corrected chi connectivity index (χ1v) is 29.6. The largest absolute Gasteiger partial charge is 0.497 e. The van der Waals surface area contributed by atoms with Gasteiger partial charge in [0.1, 0.15) is 11.5 Å². The van der Waals surface area contributed by atoms with Crippen LogP contribution in [0.4, 0.5) is 0 Å². The Kier molecular flexibility index (Phi) is 10.9. The quantitative estimate of drug-likeness (QED) is 0.143. The minimum absolute atomic E-state index is 0. The number of rotatable bonds is 7. The van der Waals surface area contributed by atoms with E-state index in [4.69, 9.17) is 14.2 Å². The van der Waals surface area contributed by atoms with Crippen LogP contribution in [0.3, 0.4) is 0 Å². The third-order valence-electron chi connectivity index (χ3n) is 20.1. The fourth-order valence-electron chi connectivity index (χ4n) is 16.7. The molecule has 15 heteroatoms. The van der Waals surface area contributed by atoms with Crippen LogP contribution in [-0.4, -0.2) is 109 Å². The van der Waals surface area contributed by atoms with Crippen molar-refractivity contribution in [2.75, 3.05) is 40.5 Å². The Morgan fingerprint density at radius 1 is 0.430 bits per heavy atom. The van der Waals surface area contributed by atoms with Gasteiger partial charge in [-0.1, -0.05) is 104 Å². The highest BCUT2D eigenvalue weighted by molar-refractivity contribution is 6.41. The zero-order valence-corrected chi connectivity index (χ0v) is 46.7. The summed E-state index contributed by atoms with van der Waals surface area (Å²) >= 11 is 0. The molecule has 0 spiro atoms. The highest BCUT2D eigenvalue weighted by Crippen LogP contribution is 2.57. The van der Waals surface area contributed by atoms with E-state index in [1.807, 2.05) is 97.1 Å². The van der Waals surface area contributed by atoms with Gasteiger partial charge in [0.05, 0.1) is 96.9 Å². The molecule has 1 saturated heterocycles. The molecule has 4 unspecified atom stereocenters. The molecule has 0 radical (unpaired) electrons. The molecule has 7 aliphatic rings. The number of carbonyl (C=O) groups excluding carboxylic acids is 5. The predicted octanol–water partition coefficient (Wildman–Crippen LogP) is 13.1. The van der Waals surface area contributed by atoms with Crippen molar-refractivity contribution in [3.63, 3.8) is 0 Å². The molecular weight excluding hydrogens is 1080 g/mol. The zero-order valence-electron chi connectivity index (χ0n) is 46.7. The molecular formula is C71H59N7O8. The highest BCUT2D eigenvalue weighted by atomic mass is 16.5. The smallest absolute Gasteiger partial charge is 0.262 e. The average Bonchev–Trinajstić information content (AvgIpc) is 1.53. The molecule has 0 N–H and O–H groups in total. The second kappa shape index (κ2) is 18.5. The molecule has 4 amide bonds. The SMILES string of the molecule is C.COc1ccc(CN2C(=O)c3c(c4c5ccccc5n5c4c4c3c3ccccc3n4C3CC(=O)C5C3)C2=O)cc1.COc1ccc(CN2C(=O)c3c(c4c5ccccc5n5c4c4c3c3ccccc3n4C3CC5[C@@H](N4CCOCC4)C3)C2=O)cc1. The molecule has 19 rings (SSSR count). The summed E-state index contributed by atoms with van der Waals surface area (Å²) in [6, 6.07) is 48.6. The minimum atomic E-state index is -0.296. The van der Waals surface area contributed by atoms with Crippen molar-refractivity contribution in [1.29, 1.82) is 0 Å². The van der Waals surface area contributed by atoms with E-state index in [1.165, 1.54) is 9.80 Å². The van der Waals surface area contributed by atoms with Crippen molar-refractivity contribution in [2.45, 2.75) is 76.4 Å². The second-order valence-corrected chi connectivity index (χ2v) is 24.0. The summed E-state index contributed by atoms with van der Waals surface area (Å²) in [5.74, 6) is 0.674. The maximum atomic E-state index is 14.6. The highest BCUT2D eigenvalue weighted by Gasteiger charge is 2.50. The Morgan fingerprint density at radius 3 is 1.24 bits per heavy atom. The van der Waals surface area contributed by atoms with Crippen LogP contribution in [0, 0.1) is 0 Å². The molecule has 2 saturated carbocycles. The molecule has 4 aromatic heterocycles. The predicted molar refractivity (Wildman–Crippen MR) is 332 cm³/mol. The van der Waals surface area contributed by atoms with Crippen LogP contribution in [0.25, 0.3) is 87.2 Å². The minimum Gasteiger partial charge on any atom is -0.497 e. The van der Waals surface area contributed by atoms with Crippen LogP contribution in [0.15, 0.2) is 146 Å². The molecule has 426 valence electrons. The van der Waals surface area contributed by atoms with Gasteiger partial charge in [-0.25, -0.2) is 0 Å². The Balaban J connectivity index is 0.000000134. The number of hydrogen-bond acceptors (Lipinski definition) is 9. The van der Waals surface area contributed by atoms with Crippen molar-refractivity contribution >= 4 is 117 Å². The number of nitrogens with zero attached hydrogens (tertiary/aromatic N) is 7. The topological polar surface area (TPSA) is 142 Å². The fraction of sp³-hybridized carbons (Fsp3) is 0.254. The summed E-state index contributed by atoms with van der Waals surface area (Å²) in [5.41, 5.74) is 12.0. The van der Waals surface area contributed by atoms with Crippen molar-refractivity contribution < 1.29 is 38.2 Å². The molecule has 9 heterocycles. The number of amides is 4. The number of ether oxygens (including phenoxy) is 3. The number of carbonyl (C=O) groups is 5. The van der Waals surface area contributed by atoms with Crippen LogP contribution >= 0.6 is 0 Å². The van der Waals surface area contributed by atoms with Gasteiger partial charge in [-0.2, -0.15) is 0 Å². The second-order valence-electron chi connectivity index (χ2n) is 24.0. The normalized spacial score (nSPS) is 21.1. The van der Waals surface area contributed by atoms with Crippen molar-refractivity contribution in [3.05, 3.63) is 179 Å². The summed E-state index contributed by atoms with van der Waals surface area (Å²) in [4.78, 5) is 76.7. The summed E-state index contributed by atoms with van der Waals surface area (Å²) in [6.45, 7) is 3.76. The lowest BCUT2D eigenvalue weighted by atomic mass is 9.96. The number of imide groups is 2. The number of aromatic nitrogens is 4. The van der Waals surface area contributed by atoms with E-state index < -0.39 is 0 Å². The fourth-order valence-corrected chi connectivity index (χ4v) is 16.7. The lowest BCUT2D eigenvalue weighted by molar-refractivity contribution is -0.120. The average molecular weight is 1140 g/mol. The van der Waals surface area contributed by atoms with E-state index in [9.17, 15) is 24.0 Å². The summed E-state index contributed by atoms with van der Waals surface area (Å²) in [5, 5.41) is 7.36. The number of benzene rings is 8. The molecule has 86 heavy (non-hydrogen) atoms. The molecule has 15 nitrogen and oxygen atoms in total. The van der Waals surface area contributed by atoms with Gasteiger partial charge >= 0.3 is 0 Å². The van der Waals surface area contributed by atoms with E-state index in [0.717, 1.165) is 143 Å². The first-order valence-electron chi connectivity index (χ1n) is 29.6. The molecule has 5 atom stereocenters. The van der Waals surface area contributed by atoms with E-state index in [0.29, 0.717) is 46.9 Å². The number of Topliss-reactive ketones (excluding diaryl/α,β-unsaturated/α-hetero) is 1. The molecule has 5 aliphatic heterocycles. The summed E-state index contributed by atoms with van der Waals surface area (Å²) < 4.78 is 25.9. The number of ketones is 1. The van der Waals surface area contributed by atoms with E-state index >= 15 is 0 Å². The molecule has 12 aromatic rings. The maximum absolute atomic E-state index is 14.6. The van der Waals surface area contributed by atoms with E-state index in [2.05, 4.69) is 71.7 Å². The monoisotopic (exact) mass is 1140 g/mol. The zero-order chi connectivity index (χ0) is 56.8. The Morgan fingerprint density at radius 2 is 0.802 bits per heavy atom. The van der Waals surface area contributed by atoms with Gasteiger partial charge in [-0.3, -0.25) is 38.7 Å². The Bertz CT molecular complexity index is 5020. The van der Waals surface area contributed by atoms with Crippen LogP contribution in [0.2, 0.25) is 0 Å². The number of methoxy groups -OCH3 is 2. The van der Waals surface area contributed by atoms with Crippen molar-refractivity contribution in [2.24, 2.45) is 0 Å². The third kappa shape index (κ3) is 6.61. The number of hydrogen-bond donors (Lipinski definition) is 0. The standard InChI is InChI=1S/C37H32N4O4.C33H23N3O4.CH4/c1-44-23-12-10-21(11-13-23)20-39-36(42)32-30-24-6-2-4-8-26(24)40-22-18-28(38-14-16-45-17-15-38)29(19-22)41-27-9-5-3-7-25(27)31(33(32)37(39)43)35(41)34(30)40;1-40-19-12-10-17(11-13-19)16-34-32(38)28-26-20-6-2-4-8-22(20)35-18-14-24(25(37)15-18)36-23-9-5-3-7-21(23)27(29(28)33(34)39)31(36)30(26)35;/h2-13,22,28-29H,14-20H2,1H3;2-13,18,24H,14-16H2,1H3;1H4/t22?,28-,29?;;/m0../s1. The van der Waals surface area contributed by atoms with Gasteiger partial charge in [0.25, 0.3) is 23.6 Å². The van der Waals surface area contributed by atoms with Gasteiger partial charge in [-0.15, -0.1) is 0 Å². The molecule has 2 aliphatic carbocycles. The van der Waals surface area contributed by atoms with E-state index in [-0.39, 0.29) is 74.1 Å².